The number of nitrogens with one attached hydrogen (secondary N) is 1. The van der Waals surface area contributed by atoms with Gasteiger partial charge in [-0.25, -0.2) is 8.42 Å². The average molecular weight is 455 g/mol. The van der Waals surface area contributed by atoms with Crippen molar-refractivity contribution in [2.24, 2.45) is 0 Å². The van der Waals surface area contributed by atoms with Crippen LogP contribution in [0, 0.1) is 13.8 Å². The second-order valence-corrected chi connectivity index (χ2v) is 9.70. The van der Waals surface area contributed by atoms with Crippen LogP contribution in [0.15, 0.2) is 64.0 Å². The Kier molecular flexibility index (Phi) is 6.40. The van der Waals surface area contributed by atoms with Crippen LogP contribution in [-0.2, 0) is 14.8 Å². The van der Waals surface area contributed by atoms with Crippen molar-refractivity contribution in [3.8, 4) is 11.1 Å². The summed E-state index contributed by atoms with van der Waals surface area (Å²) in [4.78, 5) is 14.6. The summed E-state index contributed by atoms with van der Waals surface area (Å²) in [5.74, 6) is 0.169. The molecular weight excluding hydrogens is 428 g/mol. The van der Waals surface area contributed by atoms with Gasteiger partial charge in [0.1, 0.15) is 10.6 Å². The second-order valence-electron chi connectivity index (χ2n) is 7.83. The summed E-state index contributed by atoms with van der Waals surface area (Å²) in [6, 6.07) is 17.8. The highest BCUT2D eigenvalue weighted by Gasteiger charge is 2.33. The van der Waals surface area contributed by atoms with E-state index in [0.717, 1.165) is 16.8 Å². The third kappa shape index (κ3) is 4.74. The molecule has 0 saturated carbocycles. The molecule has 0 aliphatic carbocycles. The van der Waals surface area contributed by atoms with E-state index >= 15 is 0 Å². The largest absolute Gasteiger partial charge is 0.360 e. The summed E-state index contributed by atoms with van der Waals surface area (Å²) in [5.41, 5.74) is 3.30. The summed E-state index contributed by atoms with van der Waals surface area (Å²) in [5, 5.41) is 6.66. The van der Waals surface area contributed by atoms with E-state index in [1.165, 1.54) is 4.31 Å². The van der Waals surface area contributed by atoms with Crippen molar-refractivity contribution in [3.05, 3.63) is 66.1 Å². The molecule has 1 saturated heterocycles. The Bertz CT molecular complexity index is 1160. The Morgan fingerprint density at radius 3 is 2.19 bits per heavy atom. The van der Waals surface area contributed by atoms with Gasteiger partial charge in [-0.1, -0.05) is 47.6 Å². The maximum Gasteiger partial charge on any atom is 0.248 e. The maximum absolute atomic E-state index is 12.9. The molecule has 1 aromatic heterocycles. The van der Waals surface area contributed by atoms with Crippen molar-refractivity contribution >= 4 is 21.6 Å². The molecule has 2 aromatic carbocycles. The fourth-order valence-electron chi connectivity index (χ4n) is 3.88. The smallest absolute Gasteiger partial charge is 0.248 e. The van der Waals surface area contributed by atoms with Crippen LogP contribution in [0.5, 0.6) is 0 Å². The number of rotatable bonds is 6. The number of nitrogens with zero attached hydrogens (tertiary/aromatic N) is 3. The van der Waals surface area contributed by atoms with Crippen LogP contribution in [0.3, 0.4) is 0 Å². The zero-order valence-corrected chi connectivity index (χ0v) is 18.9. The number of sulfonamides is 1. The summed E-state index contributed by atoms with van der Waals surface area (Å²) in [6.07, 6.45) is 0. The average Bonchev–Trinajstić information content (AvgIpc) is 3.14. The highest BCUT2D eigenvalue weighted by atomic mass is 32.2. The molecular formula is C23H26N4O4S. The van der Waals surface area contributed by atoms with Gasteiger partial charge in [0.15, 0.2) is 5.76 Å². The number of anilines is 1. The first-order valence-corrected chi connectivity index (χ1v) is 11.9. The van der Waals surface area contributed by atoms with Crippen molar-refractivity contribution < 1.29 is 17.7 Å². The molecule has 0 unspecified atom stereocenters. The van der Waals surface area contributed by atoms with Gasteiger partial charge in [-0.2, -0.15) is 4.31 Å². The molecule has 1 N–H and O–H groups in total. The van der Waals surface area contributed by atoms with E-state index in [4.69, 9.17) is 4.52 Å². The maximum atomic E-state index is 12.9. The van der Waals surface area contributed by atoms with Crippen molar-refractivity contribution in [1.82, 2.24) is 14.4 Å². The van der Waals surface area contributed by atoms with Crippen molar-refractivity contribution in [2.45, 2.75) is 18.7 Å². The highest BCUT2D eigenvalue weighted by molar-refractivity contribution is 7.89. The van der Waals surface area contributed by atoms with Gasteiger partial charge < -0.3 is 9.84 Å². The van der Waals surface area contributed by atoms with Gasteiger partial charge in [0.25, 0.3) is 0 Å². The molecule has 0 atom stereocenters. The first-order valence-electron chi connectivity index (χ1n) is 10.5. The van der Waals surface area contributed by atoms with Gasteiger partial charge in [-0.15, -0.1) is 0 Å². The highest BCUT2D eigenvalue weighted by Crippen LogP contribution is 2.24. The minimum Gasteiger partial charge on any atom is -0.360 e. The first kappa shape index (κ1) is 22.2. The molecule has 0 radical (unpaired) electrons. The number of carbonyl (C=O) groups excluding carboxylic acids is 1. The lowest BCUT2D eigenvalue weighted by atomic mass is 10.1. The van der Waals surface area contributed by atoms with Crippen LogP contribution in [-0.4, -0.2) is 61.4 Å². The Morgan fingerprint density at radius 1 is 0.969 bits per heavy atom. The van der Waals surface area contributed by atoms with Crippen molar-refractivity contribution in [2.75, 3.05) is 38.0 Å². The van der Waals surface area contributed by atoms with Crippen molar-refractivity contribution in [1.29, 1.82) is 0 Å². The van der Waals surface area contributed by atoms with E-state index in [2.05, 4.69) is 10.5 Å². The molecule has 0 bridgehead atoms. The Morgan fingerprint density at radius 2 is 1.59 bits per heavy atom. The lowest BCUT2D eigenvalue weighted by Crippen LogP contribution is -2.50. The quantitative estimate of drug-likeness (QED) is 0.615. The molecule has 1 amide bonds. The van der Waals surface area contributed by atoms with Crippen LogP contribution < -0.4 is 5.32 Å². The van der Waals surface area contributed by atoms with E-state index in [9.17, 15) is 13.2 Å². The summed E-state index contributed by atoms with van der Waals surface area (Å²) < 4.78 is 32.3. The van der Waals surface area contributed by atoms with E-state index in [1.54, 1.807) is 13.8 Å². The summed E-state index contributed by atoms with van der Waals surface area (Å²) >= 11 is 0. The molecule has 3 aromatic rings. The molecule has 0 spiro atoms. The summed E-state index contributed by atoms with van der Waals surface area (Å²) in [6.45, 7) is 5.00. The third-order valence-electron chi connectivity index (χ3n) is 5.54. The van der Waals surface area contributed by atoms with Crippen LogP contribution in [0.2, 0.25) is 0 Å². The molecule has 4 rings (SSSR count). The molecule has 8 nitrogen and oxygen atoms in total. The molecule has 1 aliphatic rings. The first-order chi connectivity index (χ1) is 15.3. The van der Waals surface area contributed by atoms with Gasteiger partial charge in [0.2, 0.25) is 15.9 Å². The van der Waals surface area contributed by atoms with Gasteiger partial charge in [-0.05, 0) is 37.1 Å². The fourth-order valence-corrected chi connectivity index (χ4v) is 5.59. The van der Waals surface area contributed by atoms with Gasteiger partial charge in [0.05, 0.1) is 6.54 Å². The van der Waals surface area contributed by atoms with E-state index < -0.39 is 10.0 Å². The molecule has 9 heteroatoms. The number of aromatic nitrogens is 1. The van der Waals surface area contributed by atoms with E-state index in [-0.39, 0.29) is 17.3 Å². The Labute approximate surface area is 187 Å². The predicted octanol–water partition coefficient (Wildman–Crippen LogP) is 2.90. The van der Waals surface area contributed by atoms with Crippen LogP contribution in [0.4, 0.5) is 5.69 Å². The zero-order chi connectivity index (χ0) is 22.7. The standard InChI is InChI=1S/C23H26N4O4S/c1-17-23(18(2)31-25-17)32(29,30)27-14-12-26(13-15-27)16-22(28)24-21-10-8-20(9-11-21)19-6-4-3-5-7-19/h3-11H,12-16H2,1-2H3,(H,24,28). The number of piperazine rings is 1. The molecule has 2 heterocycles. The predicted molar refractivity (Wildman–Crippen MR) is 122 cm³/mol. The van der Waals surface area contributed by atoms with Crippen LogP contribution in [0.25, 0.3) is 11.1 Å². The molecule has 32 heavy (non-hydrogen) atoms. The molecule has 1 fully saturated rings. The Hall–Kier alpha value is -3.01. The minimum atomic E-state index is -3.66. The lowest BCUT2D eigenvalue weighted by molar-refractivity contribution is -0.117. The molecule has 1 aliphatic heterocycles. The molecule has 168 valence electrons. The summed E-state index contributed by atoms with van der Waals surface area (Å²) in [7, 11) is -3.66. The third-order valence-corrected chi connectivity index (χ3v) is 7.68. The number of carbonyl (C=O) groups is 1. The second kappa shape index (κ2) is 9.23. The van der Waals surface area contributed by atoms with Gasteiger partial charge in [-0.3, -0.25) is 9.69 Å². The zero-order valence-electron chi connectivity index (χ0n) is 18.1. The van der Waals surface area contributed by atoms with Crippen LogP contribution >= 0.6 is 0 Å². The van der Waals surface area contributed by atoms with Crippen molar-refractivity contribution in [3.63, 3.8) is 0 Å². The minimum absolute atomic E-state index is 0.125. The van der Waals surface area contributed by atoms with Crippen LogP contribution in [0.1, 0.15) is 11.5 Å². The number of benzene rings is 2. The van der Waals surface area contributed by atoms with Gasteiger partial charge in [0, 0.05) is 31.9 Å². The van der Waals surface area contributed by atoms with E-state index in [1.807, 2.05) is 59.5 Å². The monoisotopic (exact) mass is 454 g/mol. The lowest BCUT2D eigenvalue weighted by Gasteiger charge is -2.33. The number of aryl methyl sites for hydroxylation is 2. The number of hydrogen-bond acceptors (Lipinski definition) is 6. The topological polar surface area (TPSA) is 95.8 Å². The Balaban J connectivity index is 1.30. The normalized spacial score (nSPS) is 15.6. The number of amides is 1. The number of hydrogen-bond donors (Lipinski definition) is 1. The van der Waals surface area contributed by atoms with E-state index in [0.29, 0.717) is 37.6 Å². The fraction of sp³-hybridized carbons (Fsp3) is 0.304. The SMILES string of the molecule is Cc1noc(C)c1S(=O)(=O)N1CCN(CC(=O)Nc2ccc(-c3ccccc3)cc2)CC1. The van der Waals surface area contributed by atoms with Gasteiger partial charge >= 0.3 is 0 Å².